The summed E-state index contributed by atoms with van der Waals surface area (Å²) in [4.78, 5) is 24.1. The van der Waals surface area contributed by atoms with Crippen molar-refractivity contribution >= 4 is 33.2 Å². The van der Waals surface area contributed by atoms with E-state index in [9.17, 15) is 18.0 Å². The maximum atomic E-state index is 12.8. The Morgan fingerprint density at radius 1 is 1.07 bits per heavy atom. The van der Waals surface area contributed by atoms with Gasteiger partial charge >= 0.3 is 0 Å². The Morgan fingerprint density at radius 3 is 2.32 bits per heavy atom. The Hall–Kier alpha value is -2.87. The number of benzene rings is 2. The van der Waals surface area contributed by atoms with Gasteiger partial charge in [0, 0.05) is 25.1 Å². The van der Waals surface area contributed by atoms with Gasteiger partial charge in [0.15, 0.2) is 0 Å². The molecule has 1 unspecified atom stereocenters. The molecule has 0 aliphatic carbocycles. The summed E-state index contributed by atoms with van der Waals surface area (Å²) in [7, 11) is -3.57. The summed E-state index contributed by atoms with van der Waals surface area (Å²) >= 11 is 0. The van der Waals surface area contributed by atoms with Crippen LogP contribution >= 0.6 is 0 Å². The molecule has 0 saturated carbocycles. The SMILES string of the molecule is CCC(CNC(=O)c1cc(NC(C)=O)ccc1NS(C)(=O)=O)c1ccccc1. The molecule has 0 spiro atoms. The third-order valence-electron chi connectivity index (χ3n) is 4.15. The number of hydrogen-bond donors (Lipinski definition) is 3. The molecule has 2 aromatic carbocycles. The van der Waals surface area contributed by atoms with Gasteiger partial charge in [-0.1, -0.05) is 37.3 Å². The van der Waals surface area contributed by atoms with Crippen LogP contribution in [0, 0.1) is 0 Å². The van der Waals surface area contributed by atoms with Crippen molar-refractivity contribution in [3.05, 3.63) is 59.7 Å². The fraction of sp³-hybridized carbons (Fsp3) is 0.300. The number of nitrogens with one attached hydrogen (secondary N) is 3. The fourth-order valence-corrected chi connectivity index (χ4v) is 3.41. The van der Waals surface area contributed by atoms with Crippen molar-refractivity contribution < 1.29 is 18.0 Å². The summed E-state index contributed by atoms with van der Waals surface area (Å²) in [6, 6.07) is 14.3. The summed E-state index contributed by atoms with van der Waals surface area (Å²) in [5.74, 6) is -0.576. The molecule has 0 aliphatic heterocycles. The average molecular weight is 404 g/mol. The van der Waals surface area contributed by atoms with E-state index >= 15 is 0 Å². The highest BCUT2D eigenvalue weighted by molar-refractivity contribution is 7.92. The van der Waals surface area contributed by atoms with Gasteiger partial charge in [0.2, 0.25) is 15.9 Å². The van der Waals surface area contributed by atoms with Crippen LogP contribution in [0.15, 0.2) is 48.5 Å². The number of sulfonamides is 1. The first-order valence-electron chi connectivity index (χ1n) is 8.92. The van der Waals surface area contributed by atoms with Crippen molar-refractivity contribution in [3.8, 4) is 0 Å². The number of amides is 2. The van der Waals surface area contributed by atoms with Gasteiger partial charge in [-0.25, -0.2) is 8.42 Å². The molecule has 2 rings (SSSR count). The lowest BCUT2D eigenvalue weighted by atomic mass is 9.96. The Bertz CT molecular complexity index is 943. The lowest BCUT2D eigenvalue weighted by molar-refractivity contribution is -0.114. The van der Waals surface area contributed by atoms with Crippen LogP contribution in [-0.2, 0) is 14.8 Å². The van der Waals surface area contributed by atoms with E-state index in [4.69, 9.17) is 0 Å². The maximum absolute atomic E-state index is 12.8. The number of anilines is 2. The maximum Gasteiger partial charge on any atom is 0.253 e. The summed E-state index contributed by atoms with van der Waals surface area (Å²) in [5, 5.41) is 5.46. The lowest BCUT2D eigenvalue weighted by Gasteiger charge is -2.18. The molecule has 0 saturated heterocycles. The normalized spacial score (nSPS) is 12.1. The highest BCUT2D eigenvalue weighted by Crippen LogP contribution is 2.23. The van der Waals surface area contributed by atoms with E-state index in [1.807, 2.05) is 37.3 Å². The summed E-state index contributed by atoms with van der Waals surface area (Å²) in [5.41, 5.74) is 1.82. The van der Waals surface area contributed by atoms with Crippen LogP contribution in [0.3, 0.4) is 0 Å². The van der Waals surface area contributed by atoms with E-state index < -0.39 is 15.9 Å². The zero-order chi connectivity index (χ0) is 20.7. The summed E-state index contributed by atoms with van der Waals surface area (Å²) < 4.78 is 25.6. The van der Waals surface area contributed by atoms with Gasteiger partial charge < -0.3 is 10.6 Å². The van der Waals surface area contributed by atoms with Crippen LogP contribution < -0.4 is 15.4 Å². The molecule has 2 amide bonds. The molecule has 0 heterocycles. The van der Waals surface area contributed by atoms with E-state index in [1.165, 1.54) is 25.1 Å². The van der Waals surface area contributed by atoms with E-state index in [0.29, 0.717) is 12.2 Å². The van der Waals surface area contributed by atoms with Crippen molar-refractivity contribution in [2.75, 3.05) is 22.8 Å². The standard InChI is InChI=1S/C20H25N3O4S/c1-4-15(16-8-6-5-7-9-16)13-21-20(25)18-12-17(22-14(2)24)10-11-19(18)23-28(3,26)27/h5-12,15,23H,4,13H2,1-3H3,(H,21,25)(H,22,24). The van der Waals surface area contributed by atoms with Crippen molar-refractivity contribution in [2.24, 2.45) is 0 Å². The predicted molar refractivity (Wildman–Crippen MR) is 111 cm³/mol. The Balaban J connectivity index is 2.24. The second kappa shape index (κ2) is 9.36. The van der Waals surface area contributed by atoms with E-state index in [-0.39, 0.29) is 23.1 Å². The van der Waals surface area contributed by atoms with Gasteiger partial charge in [-0.05, 0) is 30.2 Å². The highest BCUT2D eigenvalue weighted by atomic mass is 32.2. The molecule has 0 bridgehead atoms. The topological polar surface area (TPSA) is 104 Å². The first kappa shape index (κ1) is 21.4. The molecular weight excluding hydrogens is 378 g/mol. The molecular formula is C20H25N3O4S. The first-order valence-corrected chi connectivity index (χ1v) is 10.8. The third-order valence-corrected chi connectivity index (χ3v) is 4.74. The molecule has 2 aromatic rings. The zero-order valence-corrected chi connectivity index (χ0v) is 17.0. The number of carbonyl (C=O) groups is 2. The van der Waals surface area contributed by atoms with Crippen LogP contribution in [0.25, 0.3) is 0 Å². The van der Waals surface area contributed by atoms with Crippen LogP contribution in [0.1, 0.15) is 42.1 Å². The first-order chi connectivity index (χ1) is 13.2. The number of carbonyl (C=O) groups excluding carboxylic acids is 2. The van der Waals surface area contributed by atoms with Crippen LogP contribution in [0.4, 0.5) is 11.4 Å². The van der Waals surface area contributed by atoms with E-state index in [0.717, 1.165) is 18.2 Å². The van der Waals surface area contributed by atoms with Gasteiger partial charge in [0.25, 0.3) is 5.91 Å². The van der Waals surface area contributed by atoms with Gasteiger partial charge in [-0.3, -0.25) is 14.3 Å². The van der Waals surface area contributed by atoms with Crippen LogP contribution in [-0.4, -0.2) is 33.0 Å². The van der Waals surface area contributed by atoms with Crippen LogP contribution in [0.5, 0.6) is 0 Å². The quantitative estimate of drug-likeness (QED) is 0.630. The van der Waals surface area contributed by atoms with Gasteiger partial charge in [0.05, 0.1) is 17.5 Å². The molecule has 1 atom stereocenters. The summed E-state index contributed by atoms with van der Waals surface area (Å²) in [6.07, 6.45) is 1.85. The second-order valence-corrected chi connectivity index (χ2v) is 8.29. The molecule has 3 N–H and O–H groups in total. The molecule has 28 heavy (non-hydrogen) atoms. The van der Waals surface area contributed by atoms with Gasteiger partial charge in [-0.15, -0.1) is 0 Å². The van der Waals surface area contributed by atoms with Crippen molar-refractivity contribution in [1.82, 2.24) is 5.32 Å². The highest BCUT2D eigenvalue weighted by Gasteiger charge is 2.17. The van der Waals surface area contributed by atoms with Crippen molar-refractivity contribution in [2.45, 2.75) is 26.2 Å². The largest absolute Gasteiger partial charge is 0.351 e. The molecule has 0 fully saturated rings. The van der Waals surface area contributed by atoms with E-state index in [2.05, 4.69) is 15.4 Å². The van der Waals surface area contributed by atoms with E-state index in [1.54, 1.807) is 0 Å². The third kappa shape index (κ3) is 6.38. The smallest absolute Gasteiger partial charge is 0.253 e. The van der Waals surface area contributed by atoms with Gasteiger partial charge in [-0.2, -0.15) is 0 Å². The minimum atomic E-state index is -3.57. The van der Waals surface area contributed by atoms with Crippen molar-refractivity contribution in [3.63, 3.8) is 0 Å². The average Bonchev–Trinajstić information content (AvgIpc) is 2.62. The second-order valence-electron chi connectivity index (χ2n) is 6.54. The molecule has 7 nitrogen and oxygen atoms in total. The molecule has 0 radical (unpaired) electrons. The molecule has 0 aliphatic rings. The van der Waals surface area contributed by atoms with Crippen LogP contribution in [0.2, 0.25) is 0 Å². The number of rotatable bonds is 8. The molecule has 8 heteroatoms. The number of hydrogen-bond acceptors (Lipinski definition) is 4. The molecule has 150 valence electrons. The van der Waals surface area contributed by atoms with Gasteiger partial charge in [0.1, 0.15) is 0 Å². The Morgan fingerprint density at radius 2 is 1.75 bits per heavy atom. The fourth-order valence-electron chi connectivity index (χ4n) is 2.84. The minimum Gasteiger partial charge on any atom is -0.351 e. The monoisotopic (exact) mass is 403 g/mol. The predicted octanol–water partition coefficient (Wildman–Crippen LogP) is 2.94. The zero-order valence-electron chi connectivity index (χ0n) is 16.2. The molecule has 0 aromatic heterocycles. The Kier molecular flexibility index (Phi) is 7.17. The summed E-state index contributed by atoms with van der Waals surface area (Å²) in [6.45, 7) is 3.80. The Labute approximate surface area is 165 Å². The van der Waals surface area contributed by atoms with Crippen molar-refractivity contribution in [1.29, 1.82) is 0 Å². The minimum absolute atomic E-state index is 0.134. The lowest BCUT2D eigenvalue weighted by Crippen LogP contribution is -2.29.